The molecule has 0 atom stereocenters. The standard InChI is InChI=1S/C14H27N3O2S/c1-3-17(4-2)14(19)7-10-16-13(18)11-20-12-5-8-15-9-6-12/h12,15H,3-11H2,1-2H3,(H,16,18). The number of nitrogens with zero attached hydrogens (tertiary/aromatic N) is 1. The first-order chi connectivity index (χ1) is 9.67. The van der Waals surface area contributed by atoms with E-state index >= 15 is 0 Å². The van der Waals surface area contributed by atoms with Crippen molar-refractivity contribution in [2.24, 2.45) is 0 Å². The number of hydrogen-bond acceptors (Lipinski definition) is 4. The fraction of sp³-hybridized carbons (Fsp3) is 0.857. The van der Waals surface area contributed by atoms with Gasteiger partial charge in [0.15, 0.2) is 0 Å². The van der Waals surface area contributed by atoms with Gasteiger partial charge in [-0.1, -0.05) is 0 Å². The lowest BCUT2D eigenvalue weighted by atomic mass is 10.2. The minimum absolute atomic E-state index is 0.0425. The van der Waals surface area contributed by atoms with Gasteiger partial charge >= 0.3 is 0 Å². The molecule has 0 saturated carbocycles. The highest BCUT2D eigenvalue weighted by Gasteiger charge is 2.15. The molecule has 0 aliphatic carbocycles. The van der Waals surface area contributed by atoms with E-state index < -0.39 is 0 Å². The van der Waals surface area contributed by atoms with Gasteiger partial charge in [-0.05, 0) is 39.8 Å². The summed E-state index contributed by atoms with van der Waals surface area (Å²) in [4.78, 5) is 25.2. The van der Waals surface area contributed by atoms with Crippen LogP contribution in [-0.4, -0.2) is 60.4 Å². The molecular formula is C14H27N3O2S. The number of amides is 2. The number of hydrogen-bond donors (Lipinski definition) is 2. The van der Waals surface area contributed by atoms with Crippen molar-refractivity contribution in [3.63, 3.8) is 0 Å². The third-order valence-electron chi connectivity index (χ3n) is 3.51. The van der Waals surface area contributed by atoms with E-state index in [4.69, 9.17) is 0 Å². The Bertz CT molecular complexity index is 303. The van der Waals surface area contributed by atoms with Crippen LogP contribution in [0.1, 0.15) is 33.1 Å². The summed E-state index contributed by atoms with van der Waals surface area (Å²) in [5.74, 6) is 0.659. The maximum absolute atomic E-state index is 11.8. The maximum atomic E-state index is 11.8. The summed E-state index contributed by atoms with van der Waals surface area (Å²) in [6.07, 6.45) is 2.67. The minimum atomic E-state index is 0.0425. The van der Waals surface area contributed by atoms with Crippen molar-refractivity contribution in [2.75, 3.05) is 38.5 Å². The number of nitrogens with one attached hydrogen (secondary N) is 2. The summed E-state index contributed by atoms with van der Waals surface area (Å²) in [6.45, 7) is 7.95. The Morgan fingerprint density at radius 1 is 1.25 bits per heavy atom. The second-order valence-corrected chi connectivity index (χ2v) is 6.22. The van der Waals surface area contributed by atoms with E-state index in [0.717, 1.165) is 39.0 Å². The van der Waals surface area contributed by atoms with E-state index in [9.17, 15) is 9.59 Å². The topological polar surface area (TPSA) is 61.4 Å². The van der Waals surface area contributed by atoms with Crippen molar-refractivity contribution in [1.82, 2.24) is 15.5 Å². The number of thioether (sulfide) groups is 1. The lowest BCUT2D eigenvalue weighted by Gasteiger charge is -2.21. The molecule has 1 fully saturated rings. The summed E-state index contributed by atoms with van der Waals surface area (Å²) in [7, 11) is 0. The molecule has 1 aliphatic rings. The van der Waals surface area contributed by atoms with Gasteiger partial charge in [-0.2, -0.15) is 0 Å². The summed E-state index contributed by atoms with van der Waals surface area (Å²) in [5, 5.41) is 6.74. The third kappa shape index (κ3) is 6.61. The van der Waals surface area contributed by atoms with Crippen LogP contribution in [0.2, 0.25) is 0 Å². The average molecular weight is 301 g/mol. The van der Waals surface area contributed by atoms with E-state index in [1.54, 1.807) is 16.7 Å². The molecule has 2 amide bonds. The molecule has 0 aromatic heterocycles. The monoisotopic (exact) mass is 301 g/mol. The number of piperidine rings is 1. The van der Waals surface area contributed by atoms with Gasteiger partial charge in [0.1, 0.15) is 0 Å². The highest BCUT2D eigenvalue weighted by atomic mass is 32.2. The molecule has 2 N–H and O–H groups in total. The van der Waals surface area contributed by atoms with Gasteiger partial charge in [-0.25, -0.2) is 0 Å². The second kappa shape index (κ2) is 10.0. The summed E-state index contributed by atoms with van der Waals surface area (Å²) in [5.41, 5.74) is 0. The highest BCUT2D eigenvalue weighted by Crippen LogP contribution is 2.19. The van der Waals surface area contributed by atoms with E-state index in [1.807, 2.05) is 13.8 Å². The molecule has 0 aromatic rings. The first kappa shape index (κ1) is 17.3. The van der Waals surface area contributed by atoms with Gasteiger partial charge < -0.3 is 15.5 Å². The molecule has 0 radical (unpaired) electrons. The van der Waals surface area contributed by atoms with Crippen molar-refractivity contribution in [2.45, 2.75) is 38.4 Å². The van der Waals surface area contributed by atoms with Gasteiger partial charge in [0.05, 0.1) is 5.75 Å². The van der Waals surface area contributed by atoms with Gasteiger partial charge in [-0.15, -0.1) is 11.8 Å². The van der Waals surface area contributed by atoms with Crippen LogP contribution in [0.15, 0.2) is 0 Å². The van der Waals surface area contributed by atoms with Crippen LogP contribution in [0.3, 0.4) is 0 Å². The van der Waals surface area contributed by atoms with E-state index in [0.29, 0.717) is 24.0 Å². The molecule has 0 unspecified atom stereocenters. The Balaban J connectivity index is 2.08. The number of carbonyl (C=O) groups is 2. The van der Waals surface area contributed by atoms with E-state index in [2.05, 4.69) is 10.6 Å². The predicted molar refractivity (Wildman–Crippen MR) is 83.9 cm³/mol. The zero-order valence-corrected chi connectivity index (χ0v) is 13.4. The quantitative estimate of drug-likeness (QED) is 0.698. The zero-order valence-electron chi connectivity index (χ0n) is 12.6. The van der Waals surface area contributed by atoms with Crippen molar-refractivity contribution in [1.29, 1.82) is 0 Å². The predicted octanol–water partition coefficient (Wildman–Crippen LogP) is 0.846. The highest BCUT2D eigenvalue weighted by molar-refractivity contribution is 8.00. The van der Waals surface area contributed by atoms with Crippen molar-refractivity contribution < 1.29 is 9.59 Å². The van der Waals surface area contributed by atoms with Crippen LogP contribution in [0.25, 0.3) is 0 Å². The van der Waals surface area contributed by atoms with Crippen molar-refractivity contribution >= 4 is 23.6 Å². The fourth-order valence-corrected chi connectivity index (χ4v) is 3.31. The average Bonchev–Trinajstić information content (AvgIpc) is 2.47. The van der Waals surface area contributed by atoms with Gasteiger partial charge in [0.25, 0.3) is 0 Å². The zero-order chi connectivity index (χ0) is 14.8. The van der Waals surface area contributed by atoms with Crippen LogP contribution >= 0.6 is 11.8 Å². The largest absolute Gasteiger partial charge is 0.355 e. The second-order valence-electron chi connectivity index (χ2n) is 4.93. The Labute approximate surface area is 126 Å². The lowest BCUT2D eigenvalue weighted by Crippen LogP contribution is -2.35. The van der Waals surface area contributed by atoms with Crippen LogP contribution in [-0.2, 0) is 9.59 Å². The normalized spacial score (nSPS) is 15.9. The molecule has 116 valence electrons. The lowest BCUT2D eigenvalue weighted by molar-refractivity contribution is -0.130. The molecule has 6 heteroatoms. The minimum Gasteiger partial charge on any atom is -0.355 e. The number of rotatable bonds is 8. The van der Waals surface area contributed by atoms with Gasteiger partial charge in [-0.3, -0.25) is 9.59 Å². The molecule has 0 spiro atoms. The fourth-order valence-electron chi connectivity index (χ4n) is 2.25. The molecule has 1 aliphatic heterocycles. The Hall–Kier alpha value is -0.750. The SMILES string of the molecule is CCN(CC)C(=O)CCNC(=O)CSC1CCNCC1. The molecule has 0 aromatic carbocycles. The maximum Gasteiger partial charge on any atom is 0.230 e. The van der Waals surface area contributed by atoms with Gasteiger partial charge in [0, 0.05) is 31.3 Å². The molecule has 20 heavy (non-hydrogen) atoms. The Kier molecular flexibility index (Phi) is 8.69. The molecular weight excluding hydrogens is 274 g/mol. The molecule has 1 rings (SSSR count). The first-order valence-electron chi connectivity index (χ1n) is 7.54. The summed E-state index contributed by atoms with van der Waals surface area (Å²) in [6, 6.07) is 0. The van der Waals surface area contributed by atoms with Crippen molar-refractivity contribution in [3.05, 3.63) is 0 Å². The summed E-state index contributed by atoms with van der Waals surface area (Å²) < 4.78 is 0. The van der Waals surface area contributed by atoms with Gasteiger partial charge in [0.2, 0.25) is 11.8 Å². The molecule has 0 bridgehead atoms. The Morgan fingerprint density at radius 3 is 2.50 bits per heavy atom. The Morgan fingerprint density at radius 2 is 1.90 bits per heavy atom. The van der Waals surface area contributed by atoms with E-state index in [1.165, 1.54) is 0 Å². The van der Waals surface area contributed by atoms with Crippen LogP contribution in [0.5, 0.6) is 0 Å². The number of carbonyl (C=O) groups excluding carboxylic acids is 2. The van der Waals surface area contributed by atoms with Crippen LogP contribution in [0, 0.1) is 0 Å². The first-order valence-corrected chi connectivity index (χ1v) is 8.59. The molecule has 1 saturated heterocycles. The van der Waals surface area contributed by atoms with Crippen LogP contribution < -0.4 is 10.6 Å². The molecule has 1 heterocycles. The van der Waals surface area contributed by atoms with Crippen molar-refractivity contribution in [3.8, 4) is 0 Å². The third-order valence-corrected chi connectivity index (χ3v) is 4.89. The van der Waals surface area contributed by atoms with E-state index in [-0.39, 0.29) is 11.8 Å². The smallest absolute Gasteiger partial charge is 0.230 e. The van der Waals surface area contributed by atoms with Crippen LogP contribution in [0.4, 0.5) is 0 Å². The molecule has 5 nitrogen and oxygen atoms in total. The summed E-state index contributed by atoms with van der Waals surface area (Å²) >= 11 is 1.73.